The summed E-state index contributed by atoms with van der Waals surface area (Å²) in [7, 11) is 11.0. The number of allylic oxidation sites excluding steroid dienone is 1. The van der Waals surface area contributed by atoms with Crippen LogP contribution in [0.15, 0.2) is 85.2 Å². The van der Waals surface area contributed by atoms with Crippen LogP contribution in [0, 0.1) is 27.4 Å². The fourth-order valence-electron chi connectivity index (χ4n) is 6.32. The van der Waals surface area contributed by atoms with Gasteiger partial charge in [-0.25, -0.2) is 0 Å². The minimum atomic E-state index is -1.88. The van der Waals surface area contributed by atoms with E-state index in [-0.39, 0.29) is 0 Å². The molecule has 0 spiro atoms. The number of anilines is 1. The Labute approximate surface area is 303 Å². The number of benzene rings is 3. The van der Waals surface area contributed by atoms with Crippen molar-refractivity contribution < 1.29 is 27.1 Å². The third-order valence-electron chi connectivity index (χ3n) is 8.30. The van der Waals surface area contributed by atoms with Crippen molar-refractivity contribution in [1.29, 1.82) is 0 Å². The number of halogens is 2. The standard InChI is InChI=1S/C18H25N2.C15H10.C6H16O3P.2ClH.Ru/c1-14-11-15(2)18(16(3)12-14)20-10-9-19(13-20)17-7-5-4-6-8-17;1-2-6-12(7-3-1)15-11-10-13-8-4-5-9-14(13)15;1-4-7-10(8-5-2)9-6-3;;;/h9-13,17H,4-8H2,1-3H3;1-9,11H;10H,4-6H2,1-3H3;2*1H;/q-1;;+1;;;+2/p-2. The summed E-state index contributed by atoms with van der Waals surface area (Å²) >= 11 is -1.88. The Balaban J connectivity index is 0.000000172. The molecule has 0 radical (unpaired) electrons. The van der Waals surface area contributed by atoms with Crippen LogP contribution in [0.4, 0.5) is 5.69 Å². The number of aryl methyl sites for hydroxylation is 3. The quantitative estimate of drug-likeness (QED) is 0.122. The molecule has 1 aliphatic heterocycles. The Morgan fingerprint density at radius 3 is 1.90 bits per heavy atom. The molecule has 1 heterocycles. The predicted molar refractivity (Wildman–Crippen MR) is 204 cm³/mol. The fraction of sp³-hybridized carbons (Fsp3) is 0.385. The summed E-state index contributed by atoms with van der Waals surface area (Å²) in [4.78, 5) is 4.70. The first-order valence-electron chi connectivity index (χ1n) is 16.9. The minimum absolute atomic E-state index is 0.661. The zero-order chi connectivity index (χ0) is 34.5. The van der Waals surface area contributed by atoms with Crippen molar-refractivity contribution >= 4 is 43.4 Å². The summed E-state index contributed by atoms with van der Waals surface area (Å²) in [5.41, 5.74) is 10.3. The van der Waals surface area contributed by atoms with Gasteiger partial charge >= 0.3 is 129 Å². The number of fused-ring (bicyclic) bond motifs is 1. The van der Waals surface area contributed by atoms with Crippen molar-refractivity contribution in [2.45, 2.75) is 79.7 Å². The van der Waals surface area contributed by atoms with Gasteiger partial charge in [-0.2, -0.15) is 20.2 Å². The first-order valence-corrected chi connectivity index (χ1v) is 23.5. The third kappa shape index (κ3) is 10.8. The molecule has 6 rings (SSSR count). The summed E-state index contributed by atoms with van der Waals surface area (Å²) in [6, 6.07) is 23.9. The van der Waals surface area contributed by atoms with Gasteiger partial charge in [-0.15, -0.1) is 0 Å². The molecule has 0 saturated heterocycles. The molecule has 2 aliphatic carbocycles. The van der Waals surface area contributed by atoms with Crippen LogP contribution in [0.3, 0.4) is 0 Å². The molecule has 0 aromatic heterocycles. The summed E-state index contributed by atoms with van der Waals surface area (Å²) < 4.78 is 16.7. The predicted octanol–water partition coefficient (Wildman–Crippen LogP) is 11.3. The zero-order valence-corrected chi connectivity index (χ0v) is 33.4. The second kappa shape index (κ2) is 20.1. The van der Waals surface area contributed by atoms with E-state index in [1.165, 1.54) is 76.7 Å². The van der Waals surface area contributed by atoms with Crippen LogP contribution in [-0.4, -0.2) is 34.9 Å². The summed E-state index contributed by atoms with van der Waals surface area (Å²) in [5.74, 6) is 0. The van der Waals surface area contributed by atoms with Gasteiger partial charge in [0.05, 0.1) is 19.8 Å². The van der Waals surface area contributed by atoms with Gasteiger partial charge in [-0.3, -0.25) is 0 Å². The Morgan fingerprint density at radius 2 is 1.33 bits per heavy atom. The van der Waals surface area contributed by atoms with Gasteiger partial charge < -0.3 is 9.80 Å². The third-order valence-corrected chi connectivity index (χ3v) is 13.0. The second-order valence-electron chi connectivity index (χ2n) is 11.8. The number of rotatable bonds is 9. The second-order valence-corrected chi connectivity index (χ2v) is 19.0. The van der Waals surface area contributed by atoms with Gasteiger partial charge in [0.2, 0.25) is 0 Å². The van der Waals surface area contributed by atoms with Crippen molar-refractivity contribution in [3.8, 4) is 0 Å². The molecular weight excluding hydrogens is 747 g/mol. The van der Waals surface area contributed by atoms with Crippen molar-refractivity contribution in [2.75, 3.05) is 24.7 Å². The van der Waals surface area contributed by atoms with E-state index in [2.05, 4.69) is 98.2 Å². The van der Waals surface area contributed by atoms with E-state index in [0.29, 0.717) is 25.9 Å². The van der Waals surface area contributed by atoms with E-state index in [9.17, 15) is 0 Å². The molecule has 262 valence electrons. The molecule has 1 fully saturated rings. The normalized spacial score (nSPS) is 15.9. The number of nitrogens with zero attached hydrogens (tertiary/aromatic N) is 2. The molecule has 3 aromatic carbocycles. The van der Waals surface area contributed by atoms with E-state index < -0.39 is 22.1 Å². The van der Waals surface area contributed by atoms with Gasteiger partial charge in [0.15, 0.2) is 0 Å². The Hall–Kier alpha value is -1.88. The first-order chi connectivity index (χ1) is 23.3. The van der Waals surface area contributed by atoms with Gasteiger partial charge in [-0.1, -0.05) is 37.0 Å². The monoisotopic (exact) mass is 798 g/mol. The fourth-order valence-corrected chi connectivity index (χ4v) is 9.76. The van der Waals surface area contributed by atoms with Crippen LogP contribution >= 0.6 is 28.0 Å². The summed E-state index contributed by atoms with van der Waals surface area (Å²) in [6.45, 7) is 16.6. The summed E-state index contributed by atoms with van der Waals surface area (Å²) in [5, 5.41) is 0. The van der Waals surface area contributed by atoms with E-state index in [4.69, 9.17) is 33.0 Å². The topological polar surface area (TPSA) is 34.2 Å². The number of hydrogen-bond donors (Lipinski definition) is 0. The van der Waals surface area contributed by atoms with Gasteiger partial charge in [0, 0.05) is 11.7 Å². The van der Waals surface area contributed by atoms with Crippen LogP contribution in [0.5, 0.6) is 0 Å². The molecule has 5 nitrogen and oxygen atoms in total. The summed E-state index contributed by atoms with van der Waals surface area (Å²) in [6.07, 6.45) is 13.4. The molecule has 3 aromatic rings. The van der Waals surface area contributed by atoms with E-state index in [1.807, 2.05) is 45.0 Å². The van der Waals surface area contributed by atoms with Crippen LogP contribution in [0.25, 0.3) is 5.57 Å². The van der Waals surface area contributed by atoms with E-state index in [1.54, 1.807) is 0 Å². The Morgan fingerprint density at radius 1 is 0.771 bits per heavy atom. The van der Waals surface area contributed by atoms with Gasteiger partial charge in [-0.05, 0) is 77.9 Å². The van der Waals surface area contributed by atoms with Crippen LogP contribution in [0.2, 0.25) is 0 Å². The zero-order valence-electron chi connectivity index (χ0n) is 29.1. The van der Waals surface area contributed by atoms with E-state index >= 15 is 0 Å². The maximum atomic E-state index is 6.19. The molecule has 9 heteroatoms. The first kappa shape index (κ1) is 38.9. The molecule has 0 bridgehead atoms. The Bertz CT molecular complexity index is 1520. The average Bonchev–Trinajstić information content (AvgIpc) is 3.72. The van der Waals surface area contributed by atoms with Crippen molar-refractivity contribution in [3.05, 3.63) is 125 Å². The SMILES string of the molecule is CCO[PH+](OCC)OCC.Cc1cc(C)c(N2C=CN(C3CCCCC3)[CH-]2)c(C)c1.[Cl][Ru]([Cl])=[C]1C=C(c2ccccc2)c2ccccc21. The average molecular weight is 799 g/mol. The van der Waals surface area contributed by atoms with Crippen molar-refractivity contribution in [1.82, 2.24) is 4.90 Å². The van der Waals surface area contributed by atoms with Crippen molar-refractivity contribution in [3.63, 3.8) is 0 Å². The molecule has 3 aliphatic rings. The van der Waals surface area contributed by atoms with Crippen LogP contribution in [0.1, 0.15) is 86.3 Å². The number of hydrogen-bond acceptors (Lipinski definition) is 5. The van der Waals surface area contributed by atoms with Gasteiger partial charge in [0.1, 0.15) is 0 Å². The van der Waals surface area contributed by atoms with Crippen molar-refractivity contribution in [2.24, 2.45) is 0 Å². The van der Waals surface area contributed by atoms with Crippen LogP contribution in [-0.2, 0) is 27.1 Å². The van der Waals surface area contributed by atoms with E-state index in [0.717, 1.165) is 4.11 Å². The molecule has 48 heavy (non-hydrogen) atoms. The molecule has 0 unspecified atom stereocenters. The molecule has 1 saturated carbocycles. The molecule has 0 N–H and O–H groups in total. The van der Waals surface area contributed by atoms with Crippen LogP contribution < -0.4 is 4.90 Å². The molecular formula is C39H51Cl2N2O3PRu. The Kier molecular flexibility index (Phi) is 16.3. The molecule has 0 amide bonds. The molecule has 0 atom stereocenters. The van der Waals surface area contributed by atoms with Gasteiger partial charge in [0.25, 0.3) is 0 Å². The maximum absolute atomic E-state index is 6.19.